The summed E-state index contributed by atoms with van der Waals surface area (Å²) in [5, 5.41) is 11.4. The van der Waals surface area contributed by atoms with Gasteiger partial charge in [-0.15, -0.1) is 22.7 Å². The Balaban J connectivity index is 1.77. The van der Waals surface area contributed by atoms with Crippen molar-refractivity contribution < 1.29 is 0 Å². The van der Waals surface area contributed by atoms with Crippen molar-refractivity contribution in [3.05, 3.63) is 39.7 Å². The number of fused-ring (bicyclic) bond motifs is 1. The molecule has 1 N–H and O–H groups in total. The Morgan fingerprint density at radius 1 is 1.40 bits per heavy atom. The van der Waals surface area contributed by atoms with Gasteiger partial charge < -0.3 is 5.32 Å². The monoisotopic (exact) mass is 302 g/mol. The van der Waals surface area contributed by atoms with Crippen molar-refractivity contribution in [1.82, 2.24) is 14.8 Å². The van der Waals surface area contributed by atoms with Crippen LogP contribution < -0.4 is 5.32 Å². The largest absolute Gasteiger partial charge is 0.370 e. The van der Waals surface area contributed by atoms with Gasteiger partial charge in [0.05, 0.1) is 4.88 Å². The molecule has 1 aliphatic rings. The molecule has 1 atom stereocenters. The lowest BCUT2D eigenvalue weighted by Gasteiger charge is -2.23. The minimum Gasteiger partial charge on any atom is -0.370 e. The zero-order chi connectivity index (χ0) is 13.5. The summed E-state index contributed by atoms with van der Waals surface area (Å²) in [5.41, 5.74) is 1.05. The second kappa shape index (κ2) is 4.71. The Hall–Kier alpha value is -1.66. The minimum absolute atomic E-state index is 0.265. The van der Waals surface area contributed by atoms with Crippen LogP contribution >= 0.6 is 22.7 Å². The molecule has 0 spiro atoms. The summed E-state index contributed by atoms with van der Waals surface area (Å²) < 4.78 is 2.09. The van der Waals surface area contributed by atoms with E-state index in [0.29, 0.717) is 0 Å². The molecule has 0 radical (unpaired) electrons. The second-order valence-electron chi connectivity index (χ2n) is 4.87. The summed E-state index contributed by atoms with van der Waals surface area (Å²) in [5.74, 6) is 1.09. The molecular formula is C14H14N4S2. The van der Waals surface area contributed by atoms with E-state index in [2.05, 4.69) is 40.1 Å². The SMILES string of the molecule is Cc1ccc(-c2cc3n(n2)C(c2nccs2)CCN3)s1. The Kier molecular flexibility index (Phi) is 2.85. The van der Waals surface area contributed by atoms with Gasteiger partial charge in [0.15, 0.2) is 0 Å². The summed E-state index contributed by atoms with van der Waals surface area (Å²) in [6.45, 7) is 3.10. The number of thiophene rings is 1. The molecule has 3 aromatic rings. The quantitative estimate of drug-likeness (QED) is 0.783. The van der Waals surface area contributed by atoms with Crippen molar-refractivity contribution in [3.63, 3.8) is 0 Å². The summed E-state index contributed by atoms with van der Waals surface area (Å²) in [6.07, 6.45) is 2.90. The molecule has 4 nitrogen and oxygen atoms in total. The van der Waals surface area contributed by atoms with Gasteiger partial charge in [-0.3, -0.25) is 0 Å². The van der Waals surface area contributed by atoms with E-state index in [0.717, 1.165) is 29.5 Å². The summed E-state index contributed by atoms with van der Waals surface area (Å²) in [7, 11) is 0. The van der Waals surface area contributed by atoms with Crippen molar-refractivity contribution in [2.75, 3.05) is 11.9 Å². The topological polar surface area (TPSA) is 42.7 Å². The first-order valence-electron chi connectivity index (χ1n) is 6.61. The lowest BCUT2D eigenvalue weighted by molar-refractivity contribution is 0.481. The van der Waals surface area contributed by atoms with E-state index >= 15 is 0 Å². The number of aryl methyl sites for hydroxylation is 1. The van der Waals surface area contributed by atoms with E-state index < -0.39 is 0 Å². The third kappa shape index (κ3) is 1.96. The smallest absolute Gasteiger partial charge is 0.125 e. The number of nitrogens with zero attached hydrogens (tertiary/aromatic N) is 3. The molecule has 102 valence electrons. The number of hydrogen-bond donors (Lipinski definition) is 1. The van der Waals surface area contributed by atoms with Crippen LogP contribution in [0.2, 0.25) is 0 Å². The highest BCUT2D eigenvalue weighted by Gasteiger charge is 2.25. The van der Waals surface area contributed by atoms with Gasteiger partial charge >= 0.3 is 0 Å². The predicted molar refractivity (Wildman–Crippen MR) is 83.6 cm³/mol. The maximum absolute atomic E-state index is 4.80. The summed E-state index contributed by atoms with van der Waals surface area (Å²) >= 11 is 3.49. The van der Waals surface area contributed by atoms with Crippen LogP contribution in [0, 0.1) is 6.92 Å². The number of hydrogen-bond acceptors (Lipinski definition) is 5. The second-order valence-corrected chi connectivity index (χ2v) is 7.09. The van der Waals surface area contributed by atoms with Crippen LogP contribution in [0.15, 0.2) is 29.8 Å². The van der Waals surface area contributed by atoms with Crippen LogP contribution in [0.3, 0.4) is 0 Å². The molecule has 4 rings (SSSR count). The van der Waals surface area contributed by atoms with E-state index in [4.69, 9.17) is 5.10 Å². The van der Waals surface area contributed by atoms with Crippen LogP contribution in [-0.2, 0) is 0 Å². The standard InChI is InChI=1S/C14H14N4S2/c1-9-2-3-12(20-9)10-8-13-15-5-4-11(18(13)17-10)14-16-6-7-19-14/h2-3,6-8,11,15H,4-5H2,1H3. The highest BCUT2D eigenvalue weighted by molar-refractivity contribution is 7.15. The molecule has 4 heterocycles. The normalized spacial score (nSPS) is 17.8. The number of rotatable bonds is 2. The Morgan fingerprint density at radius 2 is 2.35 bits per heavy atom. The predicted octanol–water partition coefficient (Wildman–Crippen LogP) is 3.78. The third-order valence-corrected chi connectivity index (χ3v) is 5.38. The fourth-order valence-corrected chi connectivity index (χ4v) is 4.12. The molecule has 1 unspecified atom stereocenters. The summed E-state index contributed by atoms with van der Waals surface area (Å²) in [6, 6.07) is 6.70. The van der Waals surface area contributed by atoms with Crippen molar-refractivity contribution in [2.45, 2.75) is 19.4 Å². The maximum Gasteiger partial charge on any atom is 0.125 e. The van der Waals surface area contributed by atoms with Crippen molar-refractivity contribution in [3.8, 4) is 10.6 Å². The molecule has 1 aliphatic heterocycles. The summed E-state index contributed by atoms with van der Waals surface area (Å²) in [4.78, 5) is 7.00. The van der Waals surface area contributed by atoms with Gasteiger partial charge in [-0.05, 0) is 25.5 Å². The molecule has 0 aliphatic carbocycles. The minimum atomic E-state index is 0.265. The molecule has 0 fully saturated rings. The van der Waals surface area contributed by atoms with E-state index in [1.54, 1.807) is 22.7 Å². The van der Waals surface area contributed by atoms with Crippen LogP contribution in [0.4, 0.5) is 5.82 Å². The Morgan fingerprint density at radius 3 is 3.10 bits per heavy atom. The zero-order valence-corrected chi connectivity index (χ0v) is 12.7. The van der Waals surface area contributed by atoms with Crippen molar-refractivity contribution >= 4 is 28.5 Å². The molecule has 20 heavy (non-hydrogen) atoms. The van der Waals surface area contributed by atoms with E-state index in [1.807, 2.05) is 11.6 Å². The van der Waals surface area contributed by atoms with Gasteiger partial charge in [0, 0.05) is 29.1 Å². The first-order valence-corrected chi connectivity index (χ1v) is 8.30. The van der Waals surface area contributed by atoms with Gasteiger partial charge in [0.25, 0.3) is 0 Å². The zero-order valence-electron chi connectivity index (χ0n) is 11.0. The van der Waals surface area contributed by atoms with Crippen LogP contribution in [0.1, 0.15) is 22.3 Å². The van der Waals surface area contributed by atoms with Gasteiger partial charge in [0.2, 0.25) is 0 Å². The average molecular weight is 302 g/mol. The molecule has 6 heteroatoms. The lowest BCUT2D eigenvalue weighted by atomic mass is 10.2. The molecule has 0 amide bonds. The number of thiazole rings is 1. The van der Waals surface area contributed by atoms with Gasteiger partial charge in [0.1, 0.15) is 22.6 Å². The van der Waals surface area contributed by atoms with Crippen LogP contribution in [-0.4, -0.2) is 21.3 Å². The number of nitrogens with one attached hydrogen (secondary N) is 1. The fourth-order valence-electron chi connectivity index (χ4n) is 2.54. The highest BCUT2D eigenvalue weighted by Crippen LogP contribution is 2.35. The first-order chi connectivity index (χ1) is 9.81. The number of anilines is 1. The van der Waals surface area contributed by atoms with Gasteiger partial charge in [-0.25, -0.2) is 9.67 Å². The molecule has 3 aromatic heterocycles. The van der Waals surface area contributed by atoms with Crippen molar-refractivity contribution in [1.29, 1.82) is 0 Å². The average Bonchev–Trinajstić information content (AvgIpc) is 3.17. The molecule has 0 bridgehead atoms. The number of aromatic nitrogens is 3. The molecular weight excluding hydrogens is 288 g/mol. The van der Waals surface area contributed by atoms with Gasteiger partial charge in [-0.2, -0.15) is 5.10 Å². The Bertz CT molecular complexity index is 726. The van der Waals surface area contributed by atoms with Crippen molar-refractivity contribution in [2.24, 2.45) is 0 Å². The van der Waals surface area contributed by atoms with E-state index in [9.17, 15) is 0 Å². The third-order valence-electron chi connectivity index (χ3n) is 3.48. The van der Waals surface area contributed by atoms with Crippen LogP contribution in [0.5, 0.6) is 0 Å². The highest BCUT2D eigenvalue weighted by atomic mass is 32.1. The maximum atomic E-state index is 4.80. The fraction of sp³-hybridized carbons (Fsp3) is 0.286. The van der Waals surface area contributed by atoms with Gasteiger partial charge in [-0.1, -0.05) is 0 Å². The van der Waals surface area contributed by atoms with Crippen LogP contribution in [0.25, 0.3) is 10.6 Å². The lowest BCUT2D eigenvalue weighted by Crippen LogP contribution is -2.24. The molecule has 0 saturated carbocycles. The van der Waals surface area contributed by atoms with E-state index in [-0.39, 0.29) is 6.04 Å². The molecule has 0 saturated heterocycles. The Labute approximate surface area is 125 Å². The van der Waals surface area contributed by atoms with E-state index in [1.165, 1.54) is 9.75 Å². The first kappa shape index (κ1) is 12.1. The molecule has 0 aromatic carbocycles.